The van der Waals surface area contributed by atoms with Crippen LogP contribution in [-0.2, 0) is 4.74 Å². The highest BCUT2D eigenvalue weighted by Crippen LogP contribution is 2.21. The molecule has 0 saturated heterocycles. The monoisotopic (exact) mass is 238 g/mol. The number of oxime groups is 1. The zero-order valence-electron chi connectivity index (χ0n) is 10.3. The summed E-state index contributed by atoms with van der Waals surface area (Å²) in [5.74, 6) is 0.620. The molecule has 1 rings (SSSR count). The number of rotatable bonds is 5. The third-order valence-electron chi connectivity index (χ3n) is 2.25. The summed E-state index contributed by atoms with van der Waals surface area (Å²) in [6, 6.07) is 5.49. The fourth-order valence-electron chi connectivity index (χ4n) is 1.48. The molecule has 17 heavy (non-hydrogen) atoms. The van der Waals surface area contributed by atoms with Crippen LogP contribution >= 0.6 is 0 Å². The summed E-state index contributed by atoms with van der Waals surface area (Å²) < 4.78 is 10.7. The highest BCUT2D eigenvalue weighted by molar-refractivity contribution is 5.99. The first kappa shape index (κ1) is 13.3. The predicted molar refractivity (Wildman–Crippen MR) is 65.7 cm³/mol. The van der Waals surface area contributed by atoms with Gasteiger partial charge in [0.15, 0.2) is 5.84 Å². The molecule has 0 aliphatic rings. The zero-order chi connectivity index (χ0) is 12.8. The molecule has 0 fully saturated rings. The van der Waals surface area contributed by atoms with E-state index in [0.717, 1.165) is 5.56 Å². The molecule has 3 N–H and O–H groups in total. The van der Waals surface area contributed by atoms with Gasteiger partial charge in [-0.1, -0.05) is 11.2 Å². The first-order chi connectivity index (χ1) is 8.08. The lowest BCUT2D eigenvalue weighted by molar-refractivity contribution is 0.0919. The molecule has 5 heteroatoms. The van der Waals surface area contributed by atoms with Crippen LogP contribution in [-0.4, -0.2) is 30.9 Å². The molecule has 94 valence electrons. The summed E-state index contributed by atoms with van der Waals surface area (Å²) in [5, 5.41) is 11.7. The number of amidine groups is 1. The normalized spacial score (nSPS) is 13.5. The Hall–Kier alpha value is -1.75. The summed E-state index contributed by atoms with van der Waals surface area (Å²) in [5.41, 5.74) is 7.19. The maximum absolute atomic E-state index is 8.70. The Morgan fingerprint density at radius 2 is 2.24 bits per heavy atom. The molecule has 0 heterocycles. The van der Waals surface area contributed by atoms with Gasteiger partial charge in [0.25, 0.3) is 0 Å². The van der Waals surface area contributed by atoms with Crippen molar-refractivity contribution in [1.82, 2.24) is 0 Å². The molecule has 0 aromatic heterocycles. The predicted octanol–water partition coefficient (Wildman–Crippen LogP) is 1.50. The molecule has 5 nitrogen and oxygen atoms in total. The van der Waals surface area contributed by atoms with Gasteiger partial charge in [0.2, 0.25) is 0 Å². The highest BCUT2D eigenvalue weighted by atomic mass is 16.5. The summed E-state index contributed by atoms with van der Waals surface area (Å²) >= 11 is 0. The van der Waals surface area contributed by atoms with Crippen LogP contribution in [0, 0.1) is 6.92 Å². The Kier molecular flexibility index (Phi) is 4.78. The number of hydrogen-bond acceptors (Lipinski definition) is 4. The van der Waals surface area contributed by atoms with Crippen LogP contribution in [0.4, 0.5) is 0 Å². The fraction of sp³-hybridized carbons (Fsp3) is 0.417. The maximum atomic E-state index is 8.70. The molecule has 1 aromatic rings. The highest BCUT2D eigenvalue weighted by Gasteiger charge is 2.11. The van der Waals surface area contributed by atoms with E-state index in [1.54, 1.807) is 13.2 Å². The van der Waals surface area contributed by atoms with Crippen molar-refractivity contribution in [3.8, 4) is 5.75 Å². The second kappa shape index (κ2) is 6.10. The van der Waals surface area contributed by atoms with E-state index in [0.29, 0.717) is 17.9 Å². The lowest BCUT2D eigenvalue weighted by Crippen LogP contribution is -2.21. The van der Waals surface area contributed by atoms with Gasteiger partial charge < -0.3 is 20.4 Å². The molecule has 1 atom stereocenters. The van der Waals surface area contributed by atoms with E-state index in [4.69, 9.17) is 20.4 Å². The van der Waals surface area contributed by atoms with Crippen molar-refractivity contribution >= 4 is 5.84 Å². The number of aryl methyl sites for hydroxylation is 1. The van der Waals surface area contributed by atoms with E-state index < -0.39 is 0 Å². The Morgan fingerprint density at radius 1 is 1.53 bits per heavy atom. The van der Waals surface area contributed by atoms with Crippen molar-refractivity contribution in [2.24, 2.45) is 10.9 Å². The van der Waals surface area contributed by atoms with Crippen molar-refractivity contribution in [2.75, 3.05) is 13.7 Å². The maximum Gasteiger partial charge on any atom is 0.173 e. The number of nitrogens with zero attached hydrogens (tertiary/aromatic N) is 1. The van der Waals surface area contributed by atoms with E-state index in [-0.39, 0.29) is 11.9 Å². The van der Waals surface area contributed by atoms with Crippen LogP contribution in [0.15, 0.2) is 23.4 Å². The largest absolute Gasteiger partial charge is 0.488 e. The lowest BCUT2D eigenvalue weighted by atomic mass is 10.1. The van der Waals surface area contributed by atoms with E-state index >= 15 is 0 Å². The first-order valence-electron chi connectivity index (χ1n) is 5.32. The second-order valence-electron chi connectivity index (χ2n) is 3.87. The molecule has 1 aromatic carbocycles. The molecule has 0 aliphatic carbocycles. The SMILES string of the molecule is COCC(C)Oc1cc(C)ccc1C(N)=NO. The van der Waals surface area contributed by atoms with Crippen LogP contribution < -0.4 is 10.5 Å². The van der Waals surface area contributed by atoms with Crippen LogP contribution in [0.3, 0.4) is 0 Å². The topological polar surface area (TPSA) is 77.1 Å². The summed E-state index contributed by atoms with van der Waals surface area (Å²) in [6.45, 7) is 4.31. The minimum absolute atomic E-state index is 0.0321. The van der Waals surface area contributed by atoms with Crippen LogP contribution in [0.2, 0.25) is 0 Å². The average molecular weight is 238 g/mol. The van der Waals surface area contributed by atoms with Gasteiger partial charge in [-0.25, -0.2) is 0 Å². The van der Waals surface area contributed by atoms with Crippen LogP contribution in [0.5, 0.6) is 5.75 Å². The summed E-state index contributed by atoms with van der Waals surface area (Å²) in [4.78, 5) is 0. The van der Waals surface area contributed by atoms with Gasteiger partial charge in [0.05, 0.1) is 12.2 Å². The molecule has 0 radical (unpaired) electrons. The Morgan fingerprint density at radius 3 is 2.82 bits per heavy atom. The minimum atomic E-state index is -0.105. The van der Waals surface area contributed by atoms with E-state index in [2.05, 4.69) is 5.16 Å². The van der Waals surface area contributed by atoms with Gasteiger partial charge in [-0.05, 0) is 31.5 Å². The minimum Gasteiger partial charge on any atom is -0.488 e. The number of methoxy groups -OCH3 is 1. The molecule has 0 aliphatic heterocycles. The van der Waals surface area contributed by atoms with Gasteiger partial charge in [0, 0.05) is 7.11 Å². The van der Waals surface area contributed by atoms with Crippen molar-refractivity contribution in [3.05, 3.63) is 29.3 Å². The van der Waals surface area contributed by atoms with Gasteiger partial charge >= 0.3 is 0 Å². The van der Waals surface area contributed by atoms with Crippen molar-refractivity contribution in [3.63, 3.8) is 0 Å². The molecule has 1 unspecified atom stereocenters. The van der Waals surface area contributed by atoms with Gasteiger partial charge in [0.1, 0.15) is 11.9 Å². The van der Waals surface area contributed by atoms with Gasteiger partial charge in [-0.15, -0.1) is 0 Å². The third-order valence-corrected chi connectivity index (χ3v) is 2.25. The average Bonchev–Trinajstić information content (AvgIpc) is 2.28. The molecule has 0 bridgehead atoms. The molecule has 0 amide bonds. The summed E-state index contributed by atoms with van der Waals surface area (Å²) in [7, 11) is 1.61. The Labute approximate surface area is 101 Å². The quantitative estimate of drug-likeness (QED) is 0.353. The van der Waals surface area contributed by atoms with Crippen molar-refractivity contribution in [1.29, 1.82) is 0 Å². The molecule has 0 saturated carbocycles. The van der Waals surface area contributed by atoms with Crippen LogP contribution in [0.25, 0.3) is 0 Å². The van der Waals surface area contributed by atoms with E-state index in [9.17, 15) is 0 Å². The fourth-order valence-corrected chi connectivity index (χ4v) is 1.48. The number of ether oxygens (including phenoxy) is 2. The number of hydrogen-bond donors (Lipinski definition) is 2. The first-order valence-corrected chi connectivity index (χ1v) is 5.32. The van der Waals surface area contributed by atoms with Gasteiger partial charge in [-0.2, -0.15) is 0 Å². The number of benzene rings is 1. The van der Waals surface area contributed by atoms with Crippen molar-refractivity contribution < 1.29 is 14.7 Å². The zero-order valence-corrected chi connectivity index (χ0v) is 10.3. The second-order valence-corrected chi connectivity index (χ2v) is 3.87. The third kappa shape index (κ3) is 3.64. The standard InChI is InChI=1S/C12H18N2O3/c1-8-4-5-10(12(13)14-15)11(6-8)17-9(2)7-16-3/h4-6,9,15H,7H2,1-3H3,(H2,13,14). The molecular weight excluding hydrogens is 220 g/mol. The van der Waals surface area contributed by atoms with Crippen molar-refractivity contribution in [2.45, 2.75) is 20.0 Å². The molecular formula is C12H18N2O3. The Balaban J connectivity index is 2.99. The van der Waals surface area contributed by atoms with E-state index in [1.165, 1.54) is 0 Å². The summed E-state index contributed by atoms with van der Waals surface area (Å²) in [6.07, 6.45) is -0.105. The van der Waals surface area contributed by atoms with Crippen LogP contribution in [0.1, 0.15) is 18.1 Å². The molecule has 0 spiro atoms. The smallest absolute Gasteiger partial charge is 0.173 e. The number of nitrogens with two attached hydrogens (primary N) is 1. The lowest BCUT2D eigenvalue weighted by Gasteiger charge is -2.16. The Bertz CT molecular complexity index is 405. The van der Waals surface area contributed by atoms with Gasteiger partial charge in [-0.3, -0.25) is 0 Å². The van der Waals surface area contributed by atoms with E-state index in [1.807, 2.05) is 26.0 Å².